The molecule has 2 aliphatic carbocycles. The van der Waals surface area contributed by atoms with Gasteiger partial charge in [-0.25, -0.2) is 4.39 Å². The van der Waals surface area contributed by atoms with Crippen LogP contribution < -0.4 is 0 Å². The molecule has 0 aromatic heterocycles. The van der Waals surface area contributed by atoms with Gasteiger partial charge < -0.3 is 0 Å². The van der Waals surface area contributed by atoms with E-state index in [1.165, 1.54) is 69.1 Å². The SMILES string of the molecule is CCCCCC1CCC(C2CCC(C(F)CSc3ccccc3)CC2)CC1. The number of halogens is 1. The van der Waals surface area contributed by atoms with E-state index < -0.39 is 6.17 Å². The lowest BCUT2D eigenvalue weighted by molar-refractivity contribution is 0.114. The van der Waals surface area contributed by atoms with E-state index in [-0.39, 0.29) is 0 Å². The maximum atomic E-state index is 14.7. The normalized spacial score (nSPS) is 30.1. The fraction of sp³-hybridized carbons (Fsp3) is 0.760. The number of thioether (sulfide) groups is 1. The zero-order chi connectivity index (χ0) is 18.9. The average molecular weight is 391 g/mol. The maximum Gasteiger partial charge on any atom is 0.112 e. The Morgan fingerprint density at radius 2 is 1.52 bits per heavy atom. The number of unbranched alkanes of at least 4 members (excludes halogenated alkanes) is 2. The van der Waals surface area contributed by atoms with E-state index in [1.54, 1.807) is 11.8 Å². The Balaban J connectivity index is 1.33. The monoisotopic (exact) mass is 390 g/mol. The van der Waals surface area contributed by atoms with Crippen molar-refractivity contribution in [2.75, 3.05) is 5.75 Å². The second-order valence-corrected chi connectivity index (χ2v) is 10.2. The zero-order valence-corrected chi connectivity index (χ0v) is 18.1. The standard InChI is InChI=1S/C25H39FS/c1-2-3-5-8-20-11-13-21(14-12-20)22-15-17-23(18-16-22)25(26)19-27-24-9-6-4-7-10-24/h4,6-7,9-10,20-23,25H,2-3,5,8,11-19H2,1H3. The van der Waals surface area contributed by atoms with Crippen LogP contribution in [0.5, 0.6) is 0 Å². The average Bonchev–Trinajstić information content (AvgIpc) is 2.74. The third kappa shape index (κ3) is 6.80. The molecule has 1 atom stereocenters. The molecule has 0 bridgehead atoms. The first-order chi connectivity index (χ1) is 13.3. The predicted molar refractivity (Wildman–Crippen MR) is 117 cm³/mol. The summed E-state index contributed by atoms with van der Waals surface area (Å²) in [5.41, 5.74) is 0. The highest BCUT2D eigenvalue weighted by atomic mass is 32.2. The largest absolute Gasteiger partial charge is 0.246 e. The lowest BCUT2D eigenvalue weighted by Crippen LogP contribution is -2.29. The molecule has 0 nitrogen and oxygen atoms in total. The molecule has 1 aromatic rings. The maximum absolute atomic E-state index is 14.7. The molecule has 2 fully saturated rings. The molecule has 0 radical (unpaired) electrons. The smallest absolute Gasteiger partial charge is 0.112 e. The van der Waals surface area contributed by atoms with Gasteiger partial charge in [0.25, 0.3) is 0 Å². The van der Waals surface area contributed by atoms with Crippen LogP contribution in [0, 0.1) is 23.7 Å². The quantitative estimate of drug-likeness (QED) is 0.302. The molecule has 2 saturated carbocycles. The van der Waals surface area contributed by atoms with Crippen molar-refractivity contribution in [3.63, 3.8) is 0 Å². The van der Waals surface area contributed by atoms with Crippen molar-refractivity contribution in [3.8, 4) is 0 Å². The number of hydrogen-bond donors (Lipinski definition) is 0. The summed E-state index contributed by atoms with van der Waals surface area (Å²) in [6.45, 7) is 2.30. The molecule has 0 heterocycles. The summed E-state index contributed by atoms with van der Waals surface area (Å²) >= 11 is 1.68. The molecule has 0 spiro atoms. The topological polar surface area (TPSA) is 0 Å². The highest BCUT2D eigenvalue weighted by molar-refractivity contribution is 7.99. The van der Waals surface area contributed by atoms with Gasteiger partial charge in [-0.2, -0.15) is 0 Å². The lowest BCUT2D eigenvalue weighted by Gasteiger charge is -2.38. The van der Waals surface area contributed by atoms with Gasteiger partial charge in [0.15, 0.2) is 0 Å². The summed E-state index contributed by atoms with van der Waals surface area (Å²) in [5, 5.41) is 0. The number of rotatable bonds is 9. The van der Waals surface area contributed by atoms with Crippen molar-refractivity contribution in [3.05, 3.63) is 30.3 Å². The van der Waals surface area contributed by atoms with Crippen LogP contribution in [0.4, 0.5) is 4.39 Å². The van der Waals surface area contributed by atoms with E-state index in [9.17, 15) is 4.39 Å². The Bertz CT molecular complexity index is 500. The van der Waals surface area contributed by atoms with Crippen LogP contribution in [0.1, 0.15) is 84.0 Å². The van der Waals surface area contributed by atoms with Gasteiger partial charge in [-0.1, -0.05) is 63.6 Å². The van der Waals surface area contributed by atoms with Gasteiger partial charge in [-0.05, 0) is 74.3 Å². The number of benzene rings is 1. The molecular weight excluding hydrogens is 351 g/mol. The van der Waals surface area contributed by atoms with Crippen molar-refractivity contribution in [2.24, 2.45) is 23.7 Å². The van der Waals surface area contributed by atoms with Crippen molar-refractivity contribution < 1.29 is 4.39 Å². The summed E-state index contributed by atoms with van der Waals surface area (Å²) in [4.78, 5) is 1.20. The zero-order valence-electron chi connectivity index (χ0n) is 17.3. The highest BCUT2D eigenvalue weighted by Crippen LogP contribution is 2.43. The molecule has 0 N–H and O–H groups in total. The summed E-state index contributed by atoms with van der Waals surface area (Å²) in [6, 6.07) is 10.3. The molecule has 0 aliphatic heterocycles. The van der Waals surface area contributed by atoms with Crippen LogP contribution in [0.2, 0.25) is 0 Å². The molecular formula is C25H39FS. The Morgan fingerprint density at radius 3 is 2.15 bits per heavy atom. The van der Waals surface area contributed by atoms with E-state index in [4.69, 9.17) is 0 Å². The predicted octanol–water partition coefficient (Wildman–Crippen LogP) is 8.31. The second-order valence-electron chi connectivity index (χ2n) is 9.09. The molecule has 1 aromatic carbocycles. The van der Waals surface area contributed by atoms with Crippen LogP contribution in [0.15, 0.2) is 35.2 Å². The first-order valence-corrected chi connectivity index (χ1v) is 12.6. The third-order valence-corrected chi connectivity index (χ3v) is 8.35. The summed E-state index contributed by atoms with van der Waals surface area (Å²) in [5.74, 6) is 3.79. The minimum absolute atomic E-state index is 0.308. The van der Waals surface area contributed by atoms with E-state index in [2.05, 4.69) is 19.1 Å². The van der Waals surface area contributed by atoms with E-state index in [1.807, 2.05) is 18.2 Å². The Kier molecular flexibility index (Phi) is 9.03. The molecule has 27 heavy (non-hydrogen) atoms. The van der Waals surface area contributed by atoms with Gasteiger partial charge in [0.2, 0.25) is 0 Å². The molecule has 0 saturated heterocycles. The van der Waals surface area contributed by atoms with Gasteiger partial charge in [0, 0.05) is 10.6 Å². The number of hydrogen-bond acceptors (Lipinski definition) is 1. The van der Waals surface area contributed by atoms with Crippen molar-refractivity contribution in [1.29, 1.82) is 0 Å². The van der Waals surface area contributed by atoms with E-state index >= 15 is 0 Å². The minimum Gasteiger partial charge on any atom is -0.246 e. The van der Waals surface area contributed by atoms with Gasteiger partial charge in [0.1, 0.15) is 6.17 Å². The van der Waals surface area contributed by atoms with Crippen LogP contribution >= 0.6 is 11.8 Å². The van der Waals surface area contributed by atoms with Crippen molar-refractivity contribution >= 4 is 11.8 Å². The fourth-order valence-electron chi connectivity index (χ4n) is 5.44. The minimum atomic E-state index is -0.634. The third-order valence-electron chi connectivity index (χ3n) is 7.25. The lowest BCUT2D eigenvalue weighted by atomic mass is 9.68. The van der Waals surface area contributed by atoms with E-state index in [0.717, 1.165) is 30.6 Å². The van der Waals surface area contributed by atoms with Gasteiger partial charge in [-0.3, -0.25) is 0 Å². The second kappa shape index (κ2) is 11.5. The fourth-order valence-corrected chi connectivity index (χ4v) is 6.41. The molecule has 3 rings (SSSR count). The van der Waals surface area contributed by atoms with Crippen LogP contribution in [0.3, 0.4) is 0 Å². The Hall–Kier alpha value is -0.500. The van der Waals surface area contributed by atoms with Gasteiger partial charge in [-0.15, -0.1) is 11.8 Å². The summed E-state index contributed by atoms with van der Waals surface area (Å²) < 4.78 is 14.7. The van der Waals surface area contributed by atoms with Crippen molar-refractivity contribution in [2.45, 2.75) is 95.0 Å². The van der Waals surface area contributed by atoms with Crippen LogP contribution in [-0.2, 0) is 0 Å². The Labute approximate surface area is 171 Å². The van der Waals surface area contributed by atoms with Crippen molar-refractivity contribution in [1.82, 2.24) is 0 Å². The summed E-state index contributed by atoms with van der Waals surface area (Å²) in [7, 11) is 0. The van der Waals surface area contributed by atoms with E-state index in [0.29, 0.717) is 11.7 Å². The first kappa shape index (κ1) is 21.2. The molecule has 0 amide bonds. The van der Waals surface area contributed by atoms with Crippen LogP contribution in [0.25, 0.3) is 0 Å². The van der Waals surface area contributed by atoms with Crippen LogP contribution in [-0.4, -0.2) is 11.9 Å². The molecule has 152 valence electrons. The Morgan fingerprint density at radius 1 is 0.889 bits per heavy atom. The highest BCUT2D eigenvalue weighted by Gasteiger charge is 2.33. The van der Waals surface area contributed by atoms with Gasteiger partial charge >= 0.3 is 0 Å². The molecule has 2 aliphatic rings. The molecule has 1 unspecified atom stereocenters. The molecule has 2 heteroatoms. The first-order valence-electron chi connectivity index (χ1n) is 11.6. The van der Waals surface area contributed by atoms with Gasteiger partial charge in [0.05, 0.1) is 0 Å². The number of alkyl halides is 1. The summed E-state index contributed by atoms with van der Waals surface area (Å²) in [6.07, 6.45) is 15.7.